The van der Waals surface area contributed by atoms with E-state index in [1.807, 2.05) is 25.1 Å². The number of esters is 1. The van der Waals surface area contributed by atoms with Gasteiger partial charge in [-0.05, 0) is 30.5 Å². The summed E-state index contributed by atoms with van der Waals surface area (Å²) >= 11 is 0. The quantitative estimate of drug-likeness (QED) is 0.676. The summed E-state index contributed by atoms with van der Waals surface area (Å²) in [6.07, 6.45) is -0.883. The number of benzene rings is 1. The second-order valence-electron chi connectivity index (χ2n) is 7.49. The average molecular weight is 394 g/mol. The topological polar surface area (TPSA) is 81.4 Å². The third-order valence-electron chi connectivity index (χ3n) is 6.05. The van der Waals surface area contributed by atoms with Crippen molar-refractivity contribution >= 4 is 16.9 Å². The molecule has 3 aromatic rings. The van der Waals surface area contributed by atoms with Gasteiger partial charge in [0, 0.05) is 16.5 Å². The molecule has 29 heavy (non-hydrogen) atoms. The molecule has 0 bridgehead atoms. The molecule has 4 heterocycles. The number of aliphatic hydroxyl groups is 1. The van der Waals surface area contributed by atoms with Crippen LogP contribution < -0.4 is 5.56 Å². The number of cyclic esters (lactones) is 1. The molecule has 0 spiro atoms. The molecule has 2 aromatic heterocycles. The van der Waals surface area contributed by atoms with Crippen LogP contribution in [0.3, 0.4) is 0 Å². The number of hydrogen-bond donors (Lipinski definition) is 1. The Bertz CT molecular complexity index is 1270. The maximum absolute atomic E-state index is 15.4. The Labute approximate surface area is 165 Å². The summed E-state index contributed by atoms with van der Waals surface area (Å²) in [5.41, 5.74) is 0.457. The van der Waals surface area contributed by atoms with Crippen LogP contribution in [-0.4, -0.2) is 20.6 Å². The highest BCUT2D eigenvalue weighted by Crippen LogP contribution is 2.43. The molecule has 0 fully saturated rings. The van der Waals surface area contributed by atoms with Gasteiger partial charge in [-0.25, -0.2) is 14.2 Å². The number of nitrogens with zero attached hydrogens (tertiary/aromatic N) is 2. The van der Waals surface area contributed by atoms with Gasteiger partial charge in [0.05, 0.1) is 22.5 Å². The molecule has 0 aliphatic carbocycles. The largest absolute Gasteiger partial charge is 0.458 e. The molecular formula is C22H19FN2O4. The Morgan fingerprint density at radius 3 is 2.83 bits per heavy atom. The van der Waals surface area contributed by atoms with E-state index in [4.69, 9.17) is 9.72 Å². The Morgan fingerprint density at radius 2 is 2.10 bits per heavy atom. The third kappa shape index (κ3) is 2.22. The van der Waals surface area contributed by atoms with E-state index in [-0.39, 0.29) is 29.8 Å². The molecule has 0 radical (unpaired) electrons. The lowest BCUT2D eigenvalue weighted by atomic mass is 9.86. The van der Waals surface area contributed by atoms with Gasteiger partial charge in [-0.1, -0.05) is 32.0 Å². The molecule has 2 aliphatic heterocycles. The number of aryl methyl sites for hydroxylation is 1. The van der Waals surface area contributed by atoms with Crippen LogP contribution in [0.15, 0.2) is 35.1 Å². The van der Waals surface area contributed by atoms with Crippen molar-refractivity contribution in [1.82, 2.24) is 9.55 Å². The highest BCUT2D eigenvalue weighted by molar-refractivity contribution is 5.88. The molecule has 5 rings (SSSR count). The first-order valence-corrected chi connectivity index (χ1v) is 9.66. The van der Waals surface area contributed by atoms with Crippen molar-refractivity contribution < 1.29 is 19.0 Å². The van der Waals surface area contributed by atoms with E-state index in [1.54, 1.807) is 13.0 Å². The summed E-state index contributed by atoms with van der Waals surface area (Å²) in [5, 5.41) is 11.7. The van der Waals surface area contributed by atoms with Crippen LogP contribution in [0.4, 0.5) is 4.39 Å². The van der Waals surface area contributed by atoms with Crippen molar-refractivity contribution in [3.05, 3.63) is 62.9 Å². The smallest absolute Gasteiger partial charge is 0.343 e. The number of alkyl halides is 1. The van der Waals surface area contributed by atoms with Gasteiger partial charge in [0.15, 0.2) is 5.60 Å². The number of carbonyl (C=O) groups excluding carboxylic acids is 1. The van der Waals surface area contributed by atoms with Crippen LogP contribution in [0.1, 0.15) is 48.8 Å². The number of hydrogen-bond acceptors (Lipinski definition) is 5. The van der Waals surface area contributed by atoms with Gasteiger partial charge in [0.2, 0.25) is 6.30 Å². The summed E-state index contributed by atoms with van der Waals surface area (Å²) in [7, 11) is 0. The standard InChI is InChI=1S/C22H19FN2O4/c1-3-11-6-5-7-12-8-13-18(24-17(11)12)16-9-15-14(20(26)25(16)19(13)23)10-29-21(27)22(15,28)4-2/h5-9,19,28H,3-4,10H2,1-2H3/t19?,22-/m0/s1. The molecule has 0 saturated heterocycles. The first kappa shape index (κ1) is 18.0. The monoisotopic (exact) mass is 394 g/mol. The number of ether oxygens (including phenoxy) is 1. The molecule has 1 aromatic carbocycles. The zero-order chi connectivity index (χ0) is 20.5. The predicted molar refractivity (Wildman–Crippen MR) is 104 cm³/mol. The van der Waals surface area contributed by atoms with Crippen molar-refractivity contribution in [2.45, 2.75) is 45.2 Å². The normalized spacial score (nSPS) is 22.2. The summed E-state index contributed by atoms with van der Waals surface area (Å²) < 4.78 is 21.4. The van der Waals surface area contributed by atoms with Crippen LogP contribution in [0.5, 0.6) is 0 Å². The third-order valence-corrected chi connectivity index (χ3v) is 6.05. The lowest BCUT2D eigenvalue weighted by Gasteiger charge is -2.31. The van der Waals surface area contributed by atoms with Crippen LogP contribution in [-0.2, 0) is 28.2 Å². The highest BCUT2D eigenvalue weighted by atomic mass is 19.1. The van der Waals surface area contributed by atoms with Crippen LogP contribution in [0, 0.1) is 0 Å². The van der Waals surface area contributed by atoms with E-state index in [9.17, 15) is 14.7 Å². The Kier molecular flexibility index (Phi) is 3.70. The first-order chi connectivity index (χ1) is 13.9. The van der Waals surface area contributed by atoms with Crippen molar-refractivity contribution in [1.29, 1.82) is 0 Å². The van der Waals surface area contributed by atoms with Crippen molar-refractivity contribution in [2.75, 3.05) is 0 Å². The average Bonchev–Trinajstić information content (AvgIpc) is 3.01. The van der Waals surface area contributed by atoms with Gasteiger partial charge in [0.25, 0.3) is 5.56 Å². The van der Waals surface area contributed by atoms with Gasteiger partial charge in [-0.3, -0.25) is 9.36 Å². The summed E-state index contributed by atoms with van der Waals surface area (Å²) in [4.78, 5) is 30.0. The fourth-order valence-electron chi connectivity index (χ4n) is 4.37. The van der Waals surface area contributed by atoms with Crippen LogP contribution >= 0.6 is 0 Å². The lowest BCUT2D eigenvalue weighted by Crippen LogP contribution is -2.44. The highest BCUT2D eigenvalue weighted by Gasteiger charge is 2.46. The number of rotatable bonds is 2. The van der Waals surface area contributed by atoms with Crippen molar-refractivity contribution in [3.63, 3.8) is 0 Å². The Morgan fingerprint density at radius 1 is 1.31 bits per heavy atom. The molecule has 0 amide bonds. The van der Waals surface area contributed by atoms with E-state index in [0.717, 1.165) is 27.5 Å². The van der Waals surface area contributed by atoms with Crippen molar-refractivity contribution in [2.24, 2.45) is 0 Å². The summed E-state index contributed by atoms with van der Waals surface area (Å²) in [5.74, 6) is -0.799. The fraction of sp³-hybridized carbons (Fsp3) is 0.318. The lowest BCUT2D eigenvalue weighted by molar-refractivity contribution is -0.172. The number of pyridine rings is 2. The fourth-order valence-corrected chi connectivity index (χ4v) is 4.37. The second-order valence-corrected chi connectivity index (χ2v) is 7.49. The summed E-state index contributed by atoms with van der Waals surface area (Å²) in [6, 6.07) is 8.98. The zero-order valence-electron chi connectivity index (χ0n) is 16.0. The van der Waals surface area contributed by atoms with Gasteiger partial charge >= 0.3 is 5.97 Å². The molecule has 2 atom stereocenters. The predicted octanol–water partition coefficient (Wildman–Crippen LogP) is 3.11. The minimum Gasteiger partial charge on any atom is -0.458 e. The minimum atomic E-state index is -1.93. The SMILES string of the molecule is CCc1cccc2cc3c(nc12)-c1cc2c(c(=O)n1C3F)COC(=O)[C@]2(O)CC. The first-order valence-electron chi connectivity index (χ1n) is 9.66. The number of halogens is 1. The molecule has 0 saturated carbocycles. The van der Waals surface area contributed by atoms with E-state index in [2.05, 4.69) is 0 Å². The zero-order valence-corrected chi connectivity index (χ0v) is 16.0. The summed E-state index contributed by atoms with van der Waals surface area (Å²) in [6.45, 7) is 3.36. The van der Waals surface area contributed by atoms with Gasteiger partial charge < -0.3 is 9.84 Å². The Balaban J connectivity index is 1.85. The van der Waals surface area contributed by atoms with Gasteiger partial charge in [0.1, 0.15) is 6.61 Å². The second kappa shape index (κ2) is 5.97. The van der Waals surface area contributed by atoms with Crippen LogP contribution in [0.2, 0.25) is 0 Å². The molecule has 6 nitrogen and oxygen atoms in total. The van der Waals surface area contributed by atoms with E-state index < -0.39 is 23.4 Å². The molecule has 2 aliphatic rings. The van der Waals surface area contributed by atoms with E-state index >= 15 is 4.39 Å². The van der Waals surface area contributed by atoms with E-state index in [0.29, 0.717) is 11.3 Å². The molecule has 148 valence electrons. The molecular weight excluding hydrogens is 375 g/mol. The number of fused-ring (bicyclic) bond motifs is 5. The van der Waals surface area contributed by atoms with E-state index in [1.165, 1.54) is 6.07 Å². The number of para-hydroxylation sites is 1. The molecule has 1 unspecified atom stereocenters. The van der Waals surface area contributed by atoms with Gasteiger partial charge in [-0.15, -0.1) is 0 Å². The Hall–Kier alpha value is -3.06. The minimum absolute atomic E-state index is 0.0404. The van der Waals surface area contributed by atoms with Crippen LogP contribution in [0.25, 0.3) is 22.3 Å². The number of carbonyl (C=O) groups is 1. The number of aromatic nitrogens is 2. The molecule has 7 heteroatoms. The van der Waals surface area contributed by atoms with Gasteiger partial charge in [-0.2, -0.15) is 0 Å². The van der Waals surface area contributed by atoms with Crippen molar-refractivity contribution in [3.8, 4) is 11.4 Å². The molecule has 1 N–H and O–H groups in total. The maximum Gasteiger partial charge on any atom is 0.343 e. The maximum atomic E-state index is 15.4.